The summed E-state index contributed by atoms with van der Waals surface area (Å²) in [6.07, 6.45) is 5.02. The number of aromatic hydroxyl groups is 1. The Bertz CT molecular complexity index is 1300. The third-order valence-corrected chi connectivity index (χ3v) is 6.57. The quantitative estimate of drug-likeness (QED) is 0.274. The van der Waals surface area contributed by atoms with Crippen molar-refractivity contribution in [2.75, 3.05) is 10.6 Å². The Balaban J connectivity index is 1.47. The van der Waals surface area contributed by atoms with Gasteiger partial charge < -0.3 is 15.7 Å². The second kappa shape index (κ2) is 8.09. The minimum absolute atomic E-state index is 0.0364. The third-order valence-electron chi connectivity index (χ3n) is 6.57. The van der Waals surface area contributed by atoms with E-state index in [4.69, 9.17) is 0 Å². The number of phenolic OH excluding ortho intramolecular Hbond substituents is 1. The molecule has 1 heterocycles. The summed E-state index contributed by atoms with van der Waals surface area (Å²) in [6, 6.07) is 17.0. The van der Waals surface area contributed by atoms with E-state index in [1.54, 1.807) is 6.07 Å². The maximum atomic E-state index is 12.8. The van der Waals surface area contributed by atoms with Crippen molar-refractivity contribution in [3.05, 3.63) is 105 Å². The molecule has 0 bridgehead atoms. The molecule has 3 atom stereocenters. The van der Waals surface area contributed by atoms with Gasteiger partial charge in [0.25, 0.3) is 11.6 Å². The highest BCUT2D eigenvalue weighted by molar-refractivity contribution is 6.05. The monoisotopic (exact) mass is 441 g/mol. The summed E-state index contributed by atoms with van der Waals surface area (Å²) < 4.78 is 0. The SMILES string of the molecule is Cc1ccccc1C(=O)Nc1ccc2c(c1)C1C=CCC1C(c1cc([N+](=O)[O-])ccc1O)N2. The molecule has 3 N–H and O–H groups in total. The molecule has 0 saturated carbocycles. The van der Waals surface area contributed by atoms with Crippen LogP contribution in [0.25, 0.3) is 0 Å². The molecule has 3 aromatic carbocycles. The summed E-state index contributed by atoms with van der Waals surface area (Å²) in [7, 11) is 0. The first-order chi connectivity index (χ1) is 15.9. The molecule has 0 saturated heterocycles. The summed E-state index contributed by atoms with van der Waals surface area (Å²) in [5.41, 5.74) is 4.66. The molecule has 0 spiro atoms. The fourth-order valence-corrected chi connectivity index (χ4v) is 4.91. The van der Waals surface area contributed by atoms with Crippen LogP contribution in [-0.2, 0) is 0 Å². The van der Waals surface area contributed by atoms with Crippen LogP contribution in [-0.4, -0.2) is 15.9 Å². The van der Waals surface area contributed by atoms with Gasteiger partial charge in [-0.1, -0.05) is 30.4 Å². The average Bonchev–Trinajstić information content (AvgIpc) is 3.29. The van der Waals surface area contributed by atoms with Gasteiger partial charge in [0.1, 0.15) is 5.75 Å². The van der Waals surface area contributed by atoms with E-state index in [0.717, 1.165) is 23.2 Å². The van der Waals surface area contributed by atoms with Crippen LogP contribution in [0.3, 0.4) is 0 Å². The smallest absolute Gasteiger partial charge is 0.270 e. The lowest BCUT2D eigenvalue weighted by molar-refractivity contribution is -0.385. The van der Waals surface area contributed by atoms with Crippen molar-refractivity contribution in [2.24, 2.45) is 5.92 Å². The summed E-state index contributed by atoms with van der Waals surface area (Å²) in [5, 5.41) is 28.2. The number of anilines is 2. The van der Waals surface area contributed by atoms with E-state index in [1.807, 2.05) is 43.3 Å². The number of nitrogens with zero attached hydrogens (tertiary/aromatic N) is 1. The summed E-state index contributed by atoms with van der Waals surface area (Å²) in [6.45, 7) is 1.91. The predicted octanol–water partition coefficient (Wildman–Crippen LogP) is 5.69. The van der Waals surface area contributed by atoms with Crippen LogP contribution in [0.4, 0.5) is 17.1 Å². The number of phenols is 1. The fourth-order valence-electron chi connectivity index (χ4n) is 4.91. The number of hydrogen-bond donors (Lipinski definition) is 3. The van der Waals surface area contributed by atoms with Crippen molar-refractivity contribution >= 4 is 23.0 Å². The Morgan fingerprint density at radius 3 is 2.73 bits per heavy atom. The Labute approximate surface area is 190 Å². The van der Waals surface area contributed by atoms with Crippen LogP contribution in [0.2, 0.25) is 0 Å². The van der Waals surface area contributed by atoms with Crippen LogP contribution >= 0.6 is 0 Å². The number of allylic oxidation sites excluding steroid dienone is 2. The number of hydrogen-bond acceptors (Lipinski definition) is 5. The molecule has 1 aliphatic heterocycles. The lowest BCUT2D eigenvalue weighted by Gasteiger charge is -2.37. The number of nitro groups is 1. The molecule has 0 aromatic heterocycles. The van der Waals surface area contributed by atoms with E-state index in [2.05, 4.69) is 22.8 Å². The van der Waals surface area contributed by atoms with Crippen molar-refractivity contribution in [1.82, 2.24) is 0 Å². The van der Waals surface area contributed by atoms with E-state index < -0.39 is 4.92 Å². The molecule has 7 nitrogen and oxygen atoms in total. The van der Waals surface area contributed by atoms with E-state index in [9.17, 15) is 20.0 Å². The van der Waals surface area contributed by atoms with Gasteiger partial charge in [-0.05, 0) is 60.7 Å². The Morgan fingerprint density at radius 1 is 1.12 bits per heavy atom. The number of fused-ring (bicyclic) bond motifs is 3. The number of rotatable bonds is 4. The Morgan fingerprint density at radius 2 is 1.94 bits per heavy atom. The molecule has 5 rings (SSSR count). The van der Waals surface area contributed by atoms with Crippen molar-refractivity contribution in [2.45, 2.75) is 25.3 Å². The highest BCUT2D eigenvalue weighted by atomic mass is 16.6. The maximum Gasteiger partial charge on any atom is 0.270 e. The van der Waals surface area contributed by atoms with Gasteiger partial charge in [-0.15, -0.1) is 0 Å². The topological polar surface area (TPSA) is 104 Å². The molecule has 1 aliphatic carbocycles. The van der Waals surface area contributed by atoms with E-state index in [-0.39, 0.29) is 35.2 Å². The lowest BCUT2D eigenvalue weighted by Crippen LogP contribution is -2.29. The normalized spacial score (nSPS) is 20.5. The van der Waals surface area contributed by atoms with Crippen LogP contribution in [0.5, 0.6) is 5.75 Å². The molecule has 166 valence electrons. The first-order valence-corrected chi connectivity index (χ1v) is 10.8. The van der Waals surface area contributed by atoms with Crippen molar-refractivity contribution in [1.29, 1.82) is 0 Å². The number of carbonyl (C=O) groups is 1. The second-order valence-electron chi connectivity index (χ2n) is 8.55. The first kappa shape index (κ1) is 20.8. The summed E-state index contributed by atoms with van der Waals surface area (Å²) in [5.74, 6) is 0.0389. The molecular formula is C26H23N3O4. The Kier molecular flexibility index (Phi) is 5.09. The number of nitro benzene ring substituents is 1. The number of nitrogens with one attached hydrogen (secondary N) is 2. The van der Waals surface area contributed by atoms with Crippen molar-refractivity contribution in [3.63, 3.8) is 0 Å². The first-order valence-electron chi connectivity index (χ1n) is 10.8. The zero-order valence-electron chi connectivity index (χ0n) is 18.0. The Hall–Kier alpha value is -4.13. The minimum Gasteiger partial charge on any atom is -0.508 e. The molecule has 7 heteroatoms. The zero-order chi connectivity index (χ0) is 23.1. The standard InChI is InChI=1S/C26H23N3O4/c1-15-5-2-3-6-18(15)26(31)27-16-9-11-23-21(13-16)19-7-4-8-20(19)25(28-23)22-14-17(29(32)33)10-12-24(22)30/h2-7,9-14,19-20,25,28,30H,8H2,1H3,(H,27,31). The molecule has 3 aromatic rings. The van der Waals surface area contributed by atoms with Crippen molar-refractivity contribution in [3.8, 4) is 5.75 Å². The highest BCUT2D eigenvalue weighted by Crippen LogP contribution is 2.51. The van der Waals surface area contributed by atoms with E-state index >= 15 is 0 Å². The van der Waals surface area contributed by atoms with Gasteiger partial charge in [-0.2, -0.15) is 0 Å². The van der Waals surface area contributed by atoms with E-state index in [0.29, 0.717) is 16.8 Å². The van der Waals surface area contributed by atoms with Gasteiger partial charge in [0.15, 0.2) is 0 Å². The summed E-state index contributed by atoms with van der Waals surface area (Å²) >= 11 is 0. The van der Waals surface area contributed by atoms with Crippen LogP contribution in [0.15, 0.2) is 72.8 Å². The number of non-ortho nitro benzene ring substituents is 1. The summed E-state index contributed by atoms with van der Waals surface area (Å²) in [4.78, 5) is 23.6. The van der Waals surface area contributed by atoms with Crippen LogP contribution in [0, 0.1) is 23.0 Å². The molecule has 0 fully saturated rings. The molecule has 0 radical (unpaired) electrons. The van der Waals surface area contributed by atoms with Gasteiger partial charge in [0, 0.05) is 40.6 Å². The maximum absolute atomic E-state index is 12.8. The highest BCUT2D eigenvalue weighted by Gasteiger charge is 2.39. The number of aryl methyl sites for hydroxylation is 1. The van der Waals surface area contributed by atoms with Gasteiger partial charge >= 0.3 is 0 Å². The lowest BCUT2D eigenvalue weighted by atomic mass is 9.76. The predicted molar refractivity (Wildman–Crippen MR) is 127 cm³/mol. The number of benzene rings is 3. The number of amides is 1. The molecule has 33 heavy (non-hydrogen) atoms. The van der Waals surface area contributed by atoms with Crippen molar-refractivity contribution < 1.29 is 14.8 Å². The average molecular weight is 441 g/mol. The molecule has 1 amide bonds. The minimum atomic E-state index is -0.451. The largest absolute Gasteiger partial charge is 0.508 e. The molecular weight excluding hydrogens is 418 g/mol. The molecule has 2 aliphatic rings. The third kappa shape index (κ3) is 3.71. The van der Waals surface area contributed by atoms with Gasteiger partial charge in [0.2, 0.25) is 0 Å². The molecule has 3 unspecified atom stereocenters. The van der Waals surface area contributed by atoms with Crippen LogP contribution in [0.1, 0.15) is 45.4 Å². The second-order valence-corrected chi connectivity index (χ2v) is 8.55. The van der Waals surface area contributed by atoms with Crippen LogP contribution < -0.4 is 10.6 Å². The van der Waals surface area contributed by atoms with Gasteiger partial charge in [-0.3, -0.25) is 14.9 Å². The number of carbonyl (C=O) groups excluding carboxylic acids is 1. The van der Waals surface area contributed by atoms with E-state index in [1.165, 1.54) is 18.2 Å². The fraction of sp³-hybridized carbons (Fsp3) is 0.192. The zero-order valence-corrected chi connectivity index (χ0v) is 18.0. The van der Waals surface area contributed by atoms with Gasteiger partial charge in [-0.25, -0.2) is 0 Å². The van der Waals surface area contributed by atoms with Gasteiger partial charge in [0.05, 0.1) is 11.0 Å².